The lowest BCUT2D eigenvalue weighted by Gasteiger charge is -2.08. The van der Waals surface area contributed by atoms with Crippen LogP contribution in [-0.4, -0.2) is 16.1 Å². The van der Waals surface area contributed by atoms with Crippen LogP contribution < -0.4 is 11.1 Å². The largest absolute Gasteiger partial charge is 0.423 e. The number of aromatic nitrogens is 2. The molecule has 0 radical (unpaired) electrons. The zero-order valence-corrected chi connectivity index (χ0v) is 11.9. The Morgan fingerprint density at radius 1 is 1.45 bits per heavy atom. The minimum absolute atomic E-state index is 0.174. The van der Waals surface area contributed by atoms with Crippen molar-refractivity contribution in [1.29, 1.82) is 0 Å². The second kappa shape index (κ2) is 5.92. The van der Waals surface area contributed by atoms with E-state index in [9.17, 15) is 4.79 Å². The zero-order valence-electron chi connectivity index (χ0n) is 11.2. The third-order valence-electron chi connectivity index (χ3n) is 2.65. The molecule has 0 unspecified atom stereocenters. The van der Waals surface area contributed by atoms with E-state index in [1.807, 2.05) is 13.8 Å². The summed E-state index contributed by atoms with van der Waals surface area (Å²) in [4.78, 5) is 11.4. The molecule has 0 aliphatic carbocycles. The average molecular weight is 295 g/mol. The zero-order chi connectivity index (χ0) is 14.7. The Morgan fingerprint density at radius 3 is 2.80 bits per heavy atom. The Morgan fingerprint density at radius 2 is 2.20 bits per heavy atom. The molecule has 2 aromatic rings. The molecule has 0 saturated carbocycles. The Hall–Kier alpha value is -2.08. The molecule has 7 heteroatoms. The summed E-state index contributed by atoms with van der Waals surface area (Å²) in [7, 11) is 0. The molecular formula is C13H15ClN4O2. The van der Waals surface area contributed by atoms with Crippen molar-refractivity contribution in [1.82, 2.24) is 10.2 Å². The first-order valence-electron chi connectivity index (χ1n) is 6.13. The van der Waals surface area contributed by atoms with Gasteiger partial charge in [0.25, 0.3) is 5.91 Å². The third-order valence-corrected chi connectivity index (χ3v) is 2.89. The van der Waals surface area contributed by atoms with Gasteiger partial charge in [0.2, 0.25) is 11.8 Å². The van der Waals surface area contributed by atoms with Gasteiger partial charge in [-0.05, 0) is 18.2 Å². The summed E-state index contributed by atoms with van der Waals surface area (Å²) >= 11 is 5.84. The Bertz CT molecular complexity index is 625. The van der Waals surface area contributed by atoms with Crippen molar-refractivity contribution < 1.29 is 9.21 Å². The molecule has 106 valence electrons. The highest BCUT2D eigenvalue weighted by atomic mass is 35.5. The summed E-state index contributed by atoms with van der Waals surface area (Å²) in [5, 5.41) is 11.3. The molecular weight excluding hydrogens is 280 g/mol. The monoisotopic (exact) mass is 294 g/mol. The summed E-state index contributed by atoms with van der Waals surface area (Å²) in [5.74, 6) is 0.642. The number of rotatable bonds is 5. The molecule has 0 bridgehead atoms. The van der Waals surface area contributed by atoms with Gasteiger partial charge in [-0.25, -0.2) is 0 Å². The number of benzene rings is 1. The van der Waals surface area contributed by atoms with Gasteiger partial charge in [0, 0.05) is 16.6 Å². The SMILES string of the molecule is CC(C)c1nnc(CNc2ccc(Cl)cc2C(N)=O)o1. The smallest absolute Gasteiger partial charge is 0.250 e. The first kappa shape index (κ1) is 14.3. The van der Waals surface area contributed by atoms with Crippen molar-refractivity contribution in [3.63, 3.8) is 0 Å². The van der Waals surface area contributed by atoms with Gasteiger partial charge in [0.05, 0.1) is 12.1 Å². The molecule has 3 N–H and O–H groups in total. The fourth-order valence-electron chi connectivity index (χ4n) is 1.62. The number of carbonyl (C=O) groups excluding carboxylic acids is 1. The van der Waals surface area contributed by atoms with Crippen molar-refractivity contribution in [3.05, 3.63) is 40.6 Å². The molecule has 0 spiro atoms. The Balaban J connectivity index is 2.12. The van der Waals surface area contributed by atoms with Crippen molar-refractivity contribution in [2.75, 3.05) is 5.32 Å². The quantitative estimate of drug-likeness (QED) is 0.884. The van der Waals surface area contributed by atoms with Gasteiger partial charge < -0.3 is 15.5 Å². The molecule has 0 saturated heterocycles. The number of amides is 1. The number of nitrogens with zero attached hydrogens (tertiary/aromatic N) is 2. The number of nitrogens with two attached hydrogens (primary N) is 1. The maximum Gasteiger partial charge on any atom is 0.250 e. The van der Waals surface area contributed by atoms with Crippen LogP contribution in [-0.2, 0) is 6.54 Å². The molecule has 1 aromatic carbocycles. The van der Waals surface area contributed by atoms with E-state index in [0.717, 1.165) is 0 Å². The van der Waals surface area contributed by atoms with Crippen LogP contribution >= 0.6 is 11.6 Å². The van der Waals surface area contributed by atoms with E-state index in [2.05, 4.69) is 15.5 Å². The van der Waals surface area contributed by atoms with E-state index < -0.39 is 5.91 Å². The van der Waals surface area contributed by atoms with Crippen LogP contribution in [0.1, 0.15) is 41.9 Å². The maximum atomic E-state index is 11.4. The van der Waals surface area contributed by atoms with Crippen LogP contribution in [0.15, 0.2) is 22.6 Å². The predicted octanol–water partition coefficient (Wildman–Crippen LogP) is 2.56. The maximum absolute atomic E-state index is 11.4. The van der Waals surface area contributed by atoms with Crippen LogP contribution in [0.25, 0.3) is 0 Å². The van der Waals surface area contributed by atoms with E-state index in [0.29, 0.717) is 34.6 Å². The Labute approximate surface area is 121 Å². The second-order valence-electron chi connectivity index (χ2n) is 4.60. The van der Waals surface area contributed by atoms with Crippen LogP contribution in [0.3, 0.4) is 0 Å². The number of carbonyl (C=O) groups is 1. The molecule has 20 heavy (non-hydrogen) atoms. The van der Waals surface area contributed by atoms with Crippen LogP contribution in [0.2, 0.25) is 5.02 Å². The molecule has 0 aliphatic heterocycles. The van der Waals surface area contributed by atoms with Crippen molar-refractivity contribution in [2.24, 2.45) is 5.73 Å². The topological polar surface area (TPSA) is 94.0 Å². The van der Waals surface area contributed by atoms with Crippen LogP contribution in [0.5, 0.6) is 0 Å². The molecule has 0 fully saturated rings. The van der Waals surface area contributed by atoms with Crippen molar-refractivity contribution >= 4 is 23.2 Å². The summed E-state index contributed by atoms with van der Waals surface area (Å²) in [6.45, 7) is 4.24. The fourth-order valence-corrected chi connectivity index (χ4v) is 1.79. The van der Waals surface area contributed by atoms with Gasteiger partial charge in [0.15, 0.2) is 0 Å². The predicted molar refractivity (Wildman–Crippen MR) is 75.7 cm³/mol. The molecule has 1 aromatic heterocycles. The number of hydrogen-bond acceptors (Lipinski definition) is 5. The lowest BCUT2D eigenvalue weighted by atomic mass is 10.1. The van der Waals surface area contributed by atoms with E-state index in [-0.39, 0.29) is 5.92 Å². The molecule has 6 nitrogen and oxygen atoms in total. The lowest BCUT2D eigenvalue weighted by Crippen LogP contribution is -2.14. The number of primary amides is 1. The molecule has 1 amide bonds. The number of anilines is 1. The van der Waals surface area contributed by atoms with Crippen LogP contribution in [0.4, 0.5) is 5.69 Å². The van der Waals surface area contributed by atoms with Gasteiger partial charge in [-0.15, -0.1) is 10.2 Å². The highest BCUT2D eigenvalue weighted by molar-refractivity contribution is 6.31. The van der Waals surface area contributed by atoms with Gasteiger partial charge in [0.1, 0.15) is 0 Å². The molecule has 2 rings (SSSR count). The minimum atomic E-state index is -0.552. The summed E-state index contributed by atoms with van der Waals surface area (Å²) in [5.41, 5.74) is 6.20. The average Bonchev–Trinajstić information content (AvgIpc) is 2.86. The molecule has 1 heterocycles. The first-order valence-corrected chi connectivity index (χ1v) is 6.50. The highest BCUT2D eigenvalue weighted by Gasteiger charge is 2.12. The Kier molecular flexibility index (Phi) is 4.24. The fraction of sp³-hybridized carbons (Fsp3) is 0.308. The number of nitrogens with one attached hydrogen (secondary N) is 1. The van der Waals surface area contributed by atoms with Gasteiger partial charge in [-0.1, -0.05) is 25.4 Å². The second-order valence-corrected chi connectivity index (χ2v) is 5.03. The minimum Gasteiger partial charge on any atom is -0.423 e. The third kappa shape index (κ3) is 3.27. The van der Waals surface area contributed by atoms with E-state index in [1.54, 1.807) is 12.1 Å². The van der Waals surface area contributed by atoms with Gasteiger partial charge in [-0.3, -0.25) is 4.79 Å². The van der Waals surface area contributed by atoms with Crippen molar-refractivity contribution in [2.45, 2.75) is 26.3 Å². The first-order chi connectivity index (χ1) is 9.47. The molecule has 0 aliphatic rings. The highest BCUT2D eigenvalue weighted by Crippen LogP contribution is 2.21. The van der Waals surface area contributed by atoms with Crippen LogP contribution in [0, 0.1) is 0 Å². The van der Waals surface area contributed by atoms with E-state index in [4.69, 9.17) is 21.8 Å². The number of halogens is 1. The lowest BCUT2D eigenvalue weighted by molar-refractivity contribution is 0.100. The van der Waals surface area contributed by atoms with E-state index >= 15 is 0 Å². The summed E-state index contributed by atoms with van der Waals surface area (Å²) in [6, 6.07) is 4.87. The number of hydrogen-bond donors (Lipinski definition) is 2. The summed E-state index contributed by atoms with van der Waals surface area (Å²) < 4.78 is 5.46. The van der Waals surface area contributed by atoms with Gasteiger partial charge >= 0.3 is 0 Å². The summed E-state index contributed by atoms with van der Waals surface area (Å²) in [6.07, 6.45) is 0. The standard InChI is InChI=1S/C13H15ClN4O2/c1-7(2)13-18-17-11(20-13)6-16-10-4-3-8(14)5-9(10)12(15)19/h3-5,7,16H,6H2,1-2H3,(H2,15,19). The van der Waals surface area contributed by atoms with Gasteiger partial charge in [-0.2, -0.15) is 0 Å². The van der Waals surface area contributed by atoms with E-state index in [1.165, 1.54) is 6.07 Å². The molecule has 0 atom stereocenters. The van der Waals surface area contributed by atoms with Crippen molar-refractivity contribution in [3.8, 4) is 0 Å². The normalized spacial score (nSPS) is 10.8.